The molecule has 1 heterocycles. The molecule has 148 valence electrons. The SMILES string of the molecule is CCCCCCCCCN1C=CN(CCCCC)C1CCCCCC. The van der Waals surface area contributed by atoms with Crippen LogP contribution in [0.15, 0.2) is 12.4 Å². The van der Waals surface area contributed by atoms with E-state index in [2.05, 4.69) is 43.0 Å². The van der Waals surface area contributed by atoms with Crippen LogP contribution in [0.3, 0.4) is 0 Å². The molecule has 0 fully saturated rings. The van der Waals surface area contributed by atoms with E-state index >= 15 is 0 Å². The van der Waals surface area contributed by atoms with Gasteiger partial charge >= 0.3 is 0 Å². The van der Waals surface area contributed by atoms with Gasteiger partial charge in [0.25, 0.3) is 0 Å². The zero-order chi connectivity index (χ0) is 18.2. The maximum absolute atomic E-state index is 2.64. The van der Waals surface area contributed by atoms with Crippen LogP contribution in [-0.2, 0) is 0 Å². The van der Waals surface area contributed by atoms with Crippen LogP contribution in [-0.4, -0.2) is 29.1 Å². The molecule has 1 aliphatic rings. The Hall–Kier alpha value is -0.660. The molecule has 0 aromatic heterocycles. The van der Waals surface area contributed by atoms with Gasteiger partial charge in [-0.15, -0.1) is 0 Å². The second-order valence-corrected chi connectivity index (χ2v) is 7.93. The lowest BCUT2D eigenvalue weighted by molar-refractivity contribution is 0.135. The summed E-state index contributed by atoms with van der Waals surface area (Å²) >= 11 is 0. The summed E-state index contributed by atoms with van der Waals surface area (Å²) < 4.78 is 0. The van der Waals surface area contributed by atoms with Gasteiger partial charge in [-0.2, -0.15) is 0 Å². The molecule has 1 atom stereocenters. The van der Waals surface area contributed by atoms with Gasteiger partial charge in [-0.05, 0) is 25.7 Å². The van der Waals surface area contributed by atoms with E-state index in [1.165, 1.54) is 109 Å². The van der Waals surface area contributed by atoms with E-state index < -0.39 is 0 Å². The van der Waals surface area contributed by atoms with Crippen LogP contribution in [0.1, 0.15) is 117 Å². The normalized spacial score (nSPS) is 17.0. The standard InChI is InChI=1S/C23H46N2/c1-4-7-10-12-13-14-17-20-25-22-21-24(19-16-9-6-3)23(25)18-15-11-8-5-2/h21-23H,4-20H2,1-3H3. The number of nitrogens with zero attached hydrogens (tertiary/aromatic N) is 2. The Morgan fingerprint density at radius 1 is 0.520 bits per heavy atom. The van der Waals surface area contributed by atoms with Gasteiger partial charge in [-0.25, -0.2) is 0 Å². The van der Waals surface area contributed by atoms with Crippen LogP contribution in [0, 0.1) is 0 Å². The predicted octanol–water partition coefficient (Wildman–Crippen LogP) is 7.31. The largest absolute Gasteiger partial charge is 0.356 e. The Balaban J connectivity index is 2.28. The van der Waals surface area contributed by atoms with E-state index in [-0.39, 0.29) is 0 Å². The number of unbranched alkanes of at least 4 members (excludes halogenated alkanes) is 11. The van der Waals surface area contributed by atoms with Crippen LogP contribution >= 0.6 is 0 Å². The lowest BCUT2D eigenvalue weighted by atomic mass is 10.1. The van der Waals surface area contributed by atoms with E-state index in [9.17, 15) is 0 Å². The summed E-state index contributed by atoms with van der Waals surface area (Å²) in [6.07, 6.45) is 26.2. The Kier molecular flexibility index (Phi) is 14.0. The van der Waals surface area contributed by atoms with Crippen LogP contribution in [0.25, 0.3) is 0 Å². The fourth-order valence-electron chi connectivity index (χ4n) is 3.89. The van der Waals surface area contributed by atoms with E-state index in [1.54, 1.807) is 0 Å². The summed E-state index contributed by atoms with van der Waals surface area (Å²) in [5.74, 6) is 0. The Morgan fingerprint density at radius 2 is 0.920 bits per heavy atom. The highest BCUT2D eigenvalue weighted by Gasteiger charge is 2.24. The van der Waals surface area contributed by atoms with Crippen molar-refractivity contribution in [3.63, 3.8) is 0 Å². The molecule has 0 amide bonds. The third-order valence-corrected chi connectivity index (χ3v) is 5.57. The van der Waals surface area contributed by atoms with Crippen molar-refractivity contribution in [1.29, 1.82) is 0 Å². The van der Waals surface area contributed by atoms with Crippen LogP contribution < -0.4 is 0 Å². The third-order valence-electron chi connectivity index (χ3n) is 5.57. The molecular formula is C23H46N2. The fourth-order valence-corrected chi connectivity index (χ4v) is 3.89. The third kappa shape index (κ3) is 10.2. The van der Waals surface area contributed by atoms with E-state index in [0.29, 0.717) is 6.17 Å². The average molecular weight is 351 g/mol. The van der Waals surface area contributed by atoms with Gasteiger partial charge in [-0.3, -0.25) is 0 Å². The van der Waals surface area contributed by atoms with Gasteiger partial charge in [0.15, 0.2) is 0 Å². The van der Waals surface area contributed by atoms with E-state index in [0.717, 1.165) is 0 Å². The molecule has 0 N–H and O–H groups in total. The Bertz CT molecular complexity index is 313. The van der Waals surface area contributed by atoms with Gasteiger partial charge in [0, 0.05) is 25.5 Å². The predicted molar refractivity (Wildman–Crippen MR) is 113 cm³/mol. The molecule has 0 radical (unpaired) electrons. The molecule has 0 spiro atoms. The molecule has 2 nitrogen and oxygen atoms in total. The van der Waals surface area contributed by atoms with Gasteiger partial charge in [0.2, 0.25) is 0 Å². The maximum atomic E-state index is 2.64. The van der Waals surface area contributed by atoms with Crippen molar-refractivity contribution < 1.29 is 0 Å². The molecule has 1 rings (SSSR count). The van der Waals surface area contributed by atoms with Crippen LogP contribution in [0.2, 0.25) is 0 Å². The van der Waals surface area contributed by atoms with Crippen molar-refractivity contribution in [2.24, 2.45) is 0 Å². The van der Waals surface area contributed by atoms with Crippen molar-refractivity contribution in [3.8, 4) is 0 Å². The fraction of sp³-hybridized carbons (Fsp3) is 0.913. The molecule has 0 aliphatic carbocycles. The molecule has 0 saturated heterocycles. The topological polar surface area (TPSA) is 6.48 Å². The van der Waals surface area contributed by atoms with E-state index in [4.69, 9.17) is 0 Å². The van der Waals surface area contributed by atoms with Crippen molar-refractivity contribution in [2.75, 3.05) is 13.1 Å². The molecule has 0 bridgehead atoms. The minimum absolute atomic E-state index is 0.647. The first-order chi connectivity index (χ1) is 12.3. The molecule has 0 aromatic rings. The van der Waals surface area contributed by atoms with Gasteiger partial charge < -0.3 is 9.80 Å². The minimum atomic E-state index is 0.647. The minimum Gasteiger partial charge on any atom is -0.356 e. The highest BCUT2D eigenvalue weighted by atomic mass is 15.4. The molecule has 2 heteroatoms. The summed E-state index contributed by atoms with van der Waals surface area (Å²) in [4.78, 5) is 5.27. The lowest BCUT2D eigenvalue weighted by Gasteiger charge is -2.33. The maximum Gasteiger partial charge on any atom is 0.101 e. The highest BCUT2D eigenvalue weighted by Crippen LogP contribution is 2.23. The molecule has 1 aliphatic heterocycles. The first kappa shape index (κ1) is 22.4. The zero-order valence-corrected chi connectivity index (χ0v) is 17.6. The molecular weight excluding hydrogens is 304 g/mol. The average Bonchev–Trinajstić information content (AvgIpc) is 3.00. The van der Waals surface area contributed by atoms with Gasteiger partial charge in [-0.1, -0.05) is 91.4 Å². The Morgan fingerprint density at radius 3 is 1.48 bits per heavy atom. The summed E-state index contributed by atoms with van der Waals surface area (Å²) in [7, 11) is 0. The number of hydrogen-bond acceptors (Lipinski definition) is 2. The monoisotopic (exact) mass is 350 g/mol. The lowest BCUT2D eigenvalue weighted by Crippen LogP contribution is -2.39. The second kappa shape index (κ2) is 15.6. The zero-order valence-electron chi connectivity index (χ0n) is 17.6. The Labute approximate surface area is 159 Å². The molecule has 25 heavy (non-hydrogen) atoms. The van der Waals surface area contributed by atoms with Crippen molar-refractivity contribution in [2.45, 2.75) is 123 Å². The number of rotatable bonds is 17. The van der Waals surface area contributed by atoms with Crippen molar-refractivity contribution in [1.82, 2.24) is 9.80 Å². The summed E-state index contributed by atoms with van der Waals surface area (Å²) in [6.45, 7) is 9.41. The smallest absolute Gasteiger partial charge is 0.101 e. The van der Waals surface area contributed by atoms with Gasteiger partial charge in [0.1, 0.15) is 6.17 Å². The van der Waals surface area contributed by atoms with Crippen LogP contribution in [0.4, 0.5) is 0 Å². The molecule has 1 unspecified atom stereocenters. The van der Waals surface area contributed by atoms with Crippen LogP contribution in [0.5, 0.6) is 0 Å². The highest BCUT2D eigenvalue weighted by molar-refractivity contribution is 4.96. The number of hydrogen-bond donors (Lipinski definition) is 0. The summed E-state index contributed by atoms with van der Waals surface area (Å²) in [6, 6.07) is 0. The molecule has 0 saturated carbocycles. The van der Waals surface area contributed by atoms with Crippen molar-refractivity contribution >= 4 is 0 Å². The second-order valence-electron chi connectivity index (χ2n) is 7.93. The first-order valence-electron chi connectivity index (χ1n) is 11.5. The van der Waals surface area contributed by atoms with Gasteiger partial charge in [0.05, 0.1) is 0 Å². The van der Waals surface area contributed by atoms with E-state index in [1.807, 2.05) is 0 Å². The van der Waals surface area contributed by atoms with Crippen molar-refractivity contribution in [3.05, 3.63) is 12.4 Å². The summed E-state index contributed by atoms with van der Waals surface area (Å²) in [5, 5.41) is 0. The quantitative estimate of drug-likeness (QED) is 0.254. The summed E-state index contributed by atoms with van der Waals surface area (Å²) in [5.41, 5.74) is 0. The first-order valence-corrected chi connectivity index (χ1v) is 11.5. The molecule has 0 aromatic carbocycles.